The molecule has 1 amide bonds. The number of amides is 1. The summed E-state index contributed by atoms with van der Waals surface area (Å²) >= 11 is 0. The van der Waals surface area contributed by atoms with Gasteiger partial charge in [0.05, 0.1) is 18.8 Å². The van der Waals surface area contributed by atoms with E-state index in [1.807, 2.05) is 6.92 Å². The van der Waals surface area contributed by atoms with E-state index in [-0.39, 0.29) is 5.91 Å². The standard InChI is InChI=1S/C20H23NO5/c1-4-24-17-10-12-18(13-11-17)26-14(3)19(22)21-16-8-6-15(7-9-16)20(23)25-5-2/h6-14H,4-5H2,1-3H3,(H,21,22). The van der Waals surface area contributed by atoms with Gasteiger partial charge in [-0.3, -0.25) is 4.79 Å². The molecule has 2 aromatic rings. The van der Waals surface area contributed by atoms with Gasteiger partial charge >= 0.3 is 5.97 Å². The van der Waals surface area contributed by atoms with Gasteiger partial charge in [-0.1, -0.05) is 0 Å². The number of hydrogen-bond acceptors (Lipinski definition) is 5. The van der Waals surface area contributed by atoms with E-state index in [1.165, 1.54) is 0 Å². The third-order valence-corrected chi connectivity index (χ3v) is 3.48. The maximum atomic E-state index is 12.3. The van der Waals surface area contributed by atoms with Crippen LogP contribution in [0.3, 0.4) is 0 Å². The number of anilines is 1. The molecule has 2 rings (SSSR count). The molecule has 1 unspecified atom stereocenters. The Morgan fingerprint density at radius 1 is 0.923 bits per heavy atom. The van der Waals surface area contributed by atoms with Crippen LogP contribution in [0.1, 0.15) is 31.1 Å². The number of ether oxygens (including phenoxy) is 3. The van der Waals surface area contributed by atoms with Crippen LogP contribution in [-0.2, 0) is 9.53 Å². The van der Waals surface area contributed by atoms with E-state index < -0.39 is 12.1 Å². The van der Waals surface area contributed by atoms with E-state index in [1.54, 1.807) is 62.4 Å². The van der Waals surface area contributed by atoms with E-state index in [2.05, 4.69) is 5.32 Å². The molecule has 0 aliphatic rings. The highest BCUT2D eigenvalue weighted by Gasteiger charge is 2.15. The monoisotopic (exact) mass is 357 g/mol. The highest BCUT2D eigenvalue weighted by molar-refractivity contribution is 5.95. The normalized spacial score (nSPS) is 11.3. The average molecular weight is 357 g/mol. The zero-order chi connectivity index (χ0) is 18.9. The van der Waals surface area contributed by atoms with Crippen LogP contribution in [0.2, 0.25) is 0 Å². The summed E-state index contributed by atoms with van der Waals surface area (Å²) in [5.41, 5.74) is 1.01. The maximum Gasteiger partial charge on any atom is 0.338 e. The maximum absolute atomic E-state index is 12.3. The lowest BCUT2D eigenvalue weighted by molar-refractivity contribution is -0.122. The molecule has 6 nitrogen and oxygen atoms in total. The fourth-order valence-electron chi connectivity index (χ4n) is 2.19. The summed E-state index contributed by atoms with van der Waals surface area (Å²) in [5, 5.41) is 2.75. The molecule has 0 aliphatic carbocycles. The predicted molar refractivity (Wildman–Crippen MR) is 98.7 cm³/mol. The van der Waals surface area contributed by atoms with Gasteiger partial charge in [0.2, 0.25) is 0 Å². The molecule has 0 aliphatic heterocycles. The molecule has 0 aromatic heterocycles. The zero-order valence-corrected chi connectivity index (χ0v) is 15.2. The van der Waals surface area contributed by atoms with Gasteiger partial charge in [0.15, 0.2) is 6.10 Å². The van der Waals surface area contributed by atoms with E-state index in [0.717, 1.165) is 5.75 Å². The Morgan fingerprint density at radius 2 is 1.54 bits per heavy atom. The summed E-state index contributed by atoms with van der Waals surface area (Å²) in [6, 6.07) is 13.6. The van der Waals surface area contributed by atoms with Crippen molar-refractivity contribution in [2.24, 2.45) is 0 Å². The fourth-order valence-corrected chi connectivity index (χ4v) is 2.19. The van der Waals surface area contributed by atoms with Gasteiger partial charge in [0.1, 0.15) is 11.5 Å². The second-order valence-electron chi connectivity index (χ2n) is 5.45. The molecule has 0 saturated heterocycles. The lowest BCUT2D eigenvalue weighted by Crippen LogP contribution is -2.30. The van der Waals surface area contributed by atoms with E-state index in [4.69, 9.17) is 14.2 Å². The molecule has 0 fully saturated rings. The van der Waals surface area contributed by atoms with Crippen molar-refractivity contribution >= 4 is 17.6 Å². The fraction of sp³-hybridized carbons (Fsp3) is 0.300. The number of benzene rings is 2. The summed E-state index contributed by atoms with van der Waals surface area (Å²) in [6.45, 7) is 6.23. The number of esters is 1. The Morgan fingerprint density at radius 3 is 2.12 bits per heavy atom. The highest BCUT2D eigenvalue weighted by Crippen LogP contribution is 2.19. The van der Waals surface area contributed by atoms with Crippen molar-refractivity contribution in [2.75, 3.05) is 18.5 Å². The van der Waals surface area contributed by atoms with Crippen molar-refractivity contribution in [3.05, 3.63) is 54.1 Å². The Balaban J connectivity index is 1.90. The van der Waals surface area contributed by atoms with Crippen LogP contribution in [0.5, 0.6) is 11.5 Å². The average Bonchev–Trinajstić information content (AvgIpc) is 2.64. The first-order chi connectivity index (χ1) is 12.5. The Hall–Kier alpha value is -3.02. The van der Waals surface area contributed by atoms with Gasteiger partial charge in [-0.05, 0) is 69.3 Å². The lowest BCUT2D eigenvalue weighted by atomic mass is 10.2. The van der Waals surface area contributed by atoms with Gasteiger partial charge in [0.25, 0.3) is 5.91 Å². The van der Waals surface area contributed by atoms with Crippen LogP contribution in [0.4, 0.5) is 5.69 Å². The smallest absolute Gasteiger partial charge is 0.338 e. The molecule has 26 heavy (non-hydrogen) atoms. The van der Waals surface area contributed by atoms with Crippen molar-refractivity contribution in [1.29, 1.82) is 0 Å². The summed E-state index contributed by atoms with van der Waals surface area (Å²) in [6.07, 6.45) is -0.683. The number of carbonyl (C=O) groups is 2. The third-order valence-electron chi connectivity index (χ3n) is 3.48. The van der Waals surface area contributed by atoms with E-state index >= 15 is 0 Å². The summed E-state index contributed by atoms with van der Waals surface area (Å²) in [5.74, 6) is 0.646. The van der Waals surface area contributed by atoms with Gasteiger partial charge < -0.3 is 19.5 Å². The molecule has 0 bridgehead atoms. The lowest BCUT2D eigenvalue weighted by Gasteiger charge is -2.15. The van der Waals surface area contributed by atoms with Crippen LogP contribution in [0, 0.1) is 0 Å². The van der Waals surface area contributed by atoms with Gasteiger partial charge in [-0.2, -0.15) is 0 Å². The molecule has 0 radical (unpaired) electrons. The first-order valence-electron chi connectivity index (χ1n) is 8.51. The molecule has 6 heteroatoms. The van der Waals surface area contributed by atoms with Crippen molar-refractivity contribution in [1.82, 2.24) is 0 Å². The second kappa shape index (κ2) is 9.46. The Labute approximate surface area is 153 Å². The van der Waals surface area contributed by atoms with Crippen molar-refractivity contribution in [3.63, 3.8) is 0 Å². The zero-order valence-electron chi connectivity index (χ0n) is 15.2. The minimum absolute atomic E-state index is 0.289. The summed E-state index contributed by atoms with van der Waals surface area (Å²) < 4.78 is 15.9. The van der Waals surface area contributed by atoms with Crippen LogP contribution in [0.25, 0.3) is 0 Å². The van der Waals surface area contributed by atoms with Crippen LogP contribution >= 0.6 is 0 Å². The topological polar surface area (TPSA) is 73.9 Å². The molecule has 0 spiro atoms. The van der Waals surface area contributed by atoms with Crippen LogP contribution in [-0.4, -0.2) is 31.2 Å². The SMILES string of the molecule is CCOC(=O)c1ccc(NC(=O)C(C)Oc2ccc(OCC)cc2)cc1. The molecular formula is C20H23NO5. The molecule has 1 N–H and O–H groups in total. The number of carbonyl (C=O) groups excluding carboxylic acids is 2. The van der Waals surface area contributed by atoms with Gasteiger partial charge in [-0.15, -0.1) is 0 Å². The molecule has 0 saturated carbocycles. The first kappa shape index (κ1) is 19.3. The predicted octanol–water partition coefficient (Wildman–Crippen LogP) is 3.67. The van der Waals surface area contributed by atoms with E-state index in [9.17, 15) is 9.59 Å². The second-order valence-corrected chi connectivity index (χ2v) is 5.45. The Kier molecular flexibility index (Phi) is 7.02. The van der Waals surface area contributed by atoms with Crippen molar-refractivity contribution in [3.8, 4) is 11.5 Å². The van der Waals surface area contributed by atoms with E-state index in [0.29, 0.717) is 30.2 Å². The minimum atomic E-state index is -0.683. The number of rotatable bonds is 8. The third kappa shape index (κ3) is 5.51. The van der Waals surface area contributed by atoms with Crippen molar-refractivity contribution in [2.45, 2.75) is 26.9 Å². The first-order valence-corrected chi connectivity index (χ1v) is 8.51. The summed E-state index contributed by atoms with van der Waals surface area (Å²) in [7, 11) is 0. The highest BCUT2D eigenvalue weighted by atomic mass is 16.5. The largest absolute Gasteiger partial charge is 0.494 e. The molecular weight excluding hydrogens is 334 g/mol. The molecule has 138 valence electrons. The molecule has 2 aromatic carbocycles. The summed E-state index contributed by atoms with van der Waals surface area (Å²) in [4.78, 5) is 23.9. The Bertz CT molecular complexity index is 725. The number of hydrogen-bond donors (Lipinski definition) is 1. The van der Waals surface area contributed by atoms with Crippen LogP contribution in [0.15, 0.2) is 48.5 Å². The number of nitrogens with one attached hydrogen (secondary N) is 1. The van der Waals surface area contributed by atoms with Crippen molar-refractivity contribution < 1.29 is 23.8 Å². The van der Waals surface area contributed by atoms with Gasteiger partial charge in [0, 0.05) is 5.69 Å². The molecule has 0 heterocycles. The minimum Gasteiger partial charge on any atom is -0.494 e. The van der Waals surface area contributed by atoms with Gasteiger partial charge in [-0.25, -0.2) is 4.79 Å². The van der Waals surface area contributed by atoms with Crippen LogP contribution < -0.4 is 14.8 Å². The quantitative estimate of drug-likeness (QED) is 0.730. The molecule has 1 atom stereocenters.